The molecule has 0 unspecified atom stereocenters. The van der Waals surface area contributed by atoms with Gasteiger partial charge in [0.2, 0.25) is 10.0 Å². The van der Waals surface area contributed by atoms with Gasteiger partial charge in [-0.25, -0.2) is 8.42 Å². The van der Waals surface area contributed by atoms with E-state index in [9.17, 15) is 13.2 Å². The van der Waals surface area contributed by atoms with E-state index in [2.05, 4.69) is 15.5 Å². The SMILES string of the molecule is COc1cccc(OC)c1-c1nnc(NC(=O)c2ccc(S(=O)(=O)N(CCC#N)CCC#N)cc2)o1. The van der Waals surface area contributed by atoms with Gasteiger partial charge in [-0.05, 0) is 36.4 Å². The van der Waals surface area contributed by atoms with Crippen molar-refractivity contribution in [3.05, 3.63) is 48.0 Å². The molecule has 0 aliphatic carbocycles. The van der Waals surface area contributed by atoms with Crippen LogP contribution in [-0.4, -0.2) is 56.1 Å². The molecule has 0 atom stereocenters. The van der Waals surface area contributed by atoms with Gasteiger partial charge >= 0.3 is 6.01 Å². The van der Waals surface area contributed by atoms with Crippen LogP contribution in [0.1, 0.15) is 23.2 Å². The van der Waals surface area contributed by atoms with Crippen molar-refractivity contribution in [1.82, 2.24) is 14.5 Å². The first-order chi connectivity index (χ1) is 17.3. The predicted octanol–water partition coefficient (Wildman–Crippen LogP) is 2.82. The molecule has 13 heteroatoms. The quantitative estimate of drug-likeness (QED) is 0.404. The number of ether oxygens (including phenoxy) is 2. The molecule has 2 aromatic carbocycles. The van der Waals surface area contributed by atoms with E-state index in [1.807, 2.05) is 12.1 Å². The molecule has 12 nitrogen and oxygen atoms in total. The Kier molecular flexibility index (Phi) is 8.57. The Morgan fingerprint density at radius 1 is 1.00 bits per heavy atom. The second-order valence-electron chi connectivity index (χ2n) is 7.15. The van der Waals surface area contributed by atoms with Crippen LogP contribution in [0.15, 0.2) is 51.8 Å². The molecule has 1 N–H and O–H groups in total. The summed E-state index contributed by atoms with van der Waals surface area (Å²) < 4.78 is 43.1. The molecule has 0 aliphatic heterocycles. The second-order valence-corrected chi connectivity index (χ2v) is 9.09. The maximum absolute atomic E-state index is 12.9. The summed E-state index contributed by atoms with van der Waals surface area (Å²) in [7, 11) is -0.993. The van der Waals surface area contributed by atoms with Crippen LogP contribution in [0.2, 0.25) is 0 Å². The zero-order valence-electron chi connectivity index (χ0n) is 19.5. The molecule has 0 saturated carbocycles. The number of sulfonamides is 1. The summed E-state index contributed by atoms with van der Waals surface area (Å²) in [5.41, 5.74) is 0.562. The lowest BCUT2D eigenvalue weighted by atomic mass is 10.2. The van der Waals surface area contributed by atoms with Crippen molar-refractivity contribution < 1.29 is 27.1 Å². The van der Waals surface area contributed by atoms with Crippen molar-refractivity contribution in [2.45, 2.75) is 17.7 Å². The third-order valence-electron chi connectivity index (χ3n) is 4.99. The Morgan fingerprint density at radius 2 is 1.58 bits per heavy atom. The van der Waals surface area contributed by atoms with Gasteiger partial charge in [0.25, 0.3) is 11.8 Å². The number of anilines is 1. The lowest BCUT2D eigenvalue weighted by Gasteiger charge is -2.20. The highest BCUT2D eigenvalue weighted by Gasteiger charge is 2.25. The number of nitrogens with one attached hydrogen (secondary N) is 1. The number of amides is 1. The molecule has 0 spiro atoms. The number of hydrogen-bond donors (Lipinski definition) is 1. The van der Waals surface area contributed by atoms with Gasteiger partial charge in [0, 0.05) is 31.5 Å². The van der Waals surface area contributed by atoms with E-state index >= 15 is 0 Å². The highest BCUT2D eigenvalue weighted by Crippen LogP contribution is 2.37. The number of methoxy groups -OCH3 is 2. The van der Waals surface area contributed by atoms with E-state index in [1.54, 1.807) is 18.2 Å². The van der Waals surface area contributed by atoms with Crippen molar-refractivity contribution in [3.8, 4) is 35.1 Å². The van der Waals surface area contributed by atoms with Crippen molar-refractivity contribution in [3.63, 3.8) is 0 Å². The fraction of sp³-hybridized carbons (Fsp3) is 0.261. The molecule has 0 saturated heterocycles. The Hall–Kier alpha value is -4.46. The molecule has 0 fully saturated rings. The van der Waals surface area contributed by atoms with Crippen LogP contribution in [0.25, 0.3) is 11.5 Å². The number of aromatic nitrogens is 2. The summed E-state index contributed by atoms with van der Waals surface area (Å²) in [4.78, 5) is 12.6. The first kappa shape index (κ1) is 26.2. The number of rotatable bonds is 11. The number of hydrogen-bond acceptors (Lipinski definition) is 10. The third kappa shape index (κ3) is 5.78. The molecular weight excluding hydrogens is 488 g/mol. The maximum Gasteiger partial charge on any atom is 0.322 e. The van der Waals surface area contributed by atoms with Crippen molar-refractivity contribution in [2.75, 3.05) is 32.6 Å². The molecule has 186 valence electrons. The minimum atomic E-state index is -3.95. The highest BCUT2D eigenvalue weighted by atomic mass is 32.2. The first-order valence-electron chi connectivity index (χ1n) is 10.6. The molecule has 1 aromatic heterocycles. The maximum atomic E-state index is 12.9. The van der Waals surface area contributed by atoms with E-state index in [0.29, 0.717) is 17.1 Å². The summed E-state index contributed by atoms with van der Waals surface area (Å²) in [5, 5.41) is 27.8. The summed E-state index contributed by atoms with van der Waals surface area (Å²) in [6.45, 7) is -0.0849. The molecule has 0 aliphatic rings. The average Bonchev–Trinajstić information content (AvgIpc) is 3.35. The Balaban J connectivity index is 1.77. The van der Waals surface area contributed by atoms with Crippen LogP contribution in [0.4, 0.5) is 6.01 Å². The Morgan fingerprint density at radius 3 is 2.11 bits per heavy atom. The van der Waals surface area contributed by atoms with Gasteiger partial charge in [-0.1, -0.05) is 11.2 Å². The zero-order chi connectivity index (χ0) is 26.1. The molecular formula is C23H22N6O6S. The molecule has 3 aromatic rings. The minimum Gasteiger partial charge on any atom is -0.496 e. The van der Waals surface area contributed by atoms with Gasteiger partial charge < -0.3 is 13.9 Å². The van der Waals surface area contributed by atoms with Gasteiger partial charge in [-0.2, -0.15) is 14.8 Å². The molecule has 0 bridgehead atoms. The van der Waals surface area contributed by atoms with Gasteiger partial charge in [0.15, 0.2) is 0 Å². The number of carbonyl (C=O) groups excluding carboxylic acids is 1. The summed E-state index contributed by atoms with van der Waals surface area (Å²) in [6.07, 6.45) is -0.0316. The monoisotopic (exact) mass is 510 g/mol. The minimum absolute atomic E-state index is 0.0158. The van der Waals surface area contributed by atoms with Crippen molar-refractivity contribution >= 4 is 21.9 Å². The van der Waals surface area contributed by atoms with Crippen LogP contribution < -0.4 is 14.8 Å². The predicted molar refractivity (Wildman–Crippen MR) is 126 cm³/mol. The van der Waals surface area contributed by atoms with Crippen molar-refractivity contribution in [2.24, 2.45) is 0 Å². The van der Waals surface area contributed by atoms with E-state index < -0.39 is 15.9 Å². The van der Waals surface area contributed by atoms with Gasteiger partial charge in [-0.15, -0.1) is 5.10 Å². The fourth-order valence-electron chi connectivity index (χ4n) is 3.23. The Bertz CT molecular complexity index is 1370. The number of nitrogens with zero attached hydrogens (tertiary/aromatic N) is 5. The van der Waals surface area contributed by atoms with Crippen LogP contribution in [-0.2, 0) is 10.0 Å². The van der Waals surface area contributed by atoms with Crippen molar-refractivity contribution in [1.29, 1.82) is 10.5 Å². The lowest BCUT2D eigenvalue weighted by molar-refractivity contribution is 0.102. The standard InChI is InChI=1S/C23H22N6O6S/c1-33-18-6-3-7-19(34-2)20(18)22-27-28-23(35-22)26-21(30)16-8-10-17(11-9-16)36(31,32)29(14-4-12-24)15-5-13-25/h3,6-11H,4-5,14-15H2,1-2H3,(H,26,28,30). The molecule has 1 heterocycles. The van der Waals surface area contributed by atoms with E-state index in [4.69, 9.17) is 24.4 Å². The number of carbonyl (C=O) groups is 1. The molecule has 36 heavy (non-hydrogen) atoms. The number of nitriles is 2. The van der Waals surface area contributed by atoms with Crippen LogP contribution >= 0.6 is 0 Å². The topological polar surface area (TPSA) is 171 Å². The molecule has 0 radical (unpaired) electrons. The van der Waals surface area contributed by atoms with E-state index in [0.717, 1.165) is 4.31 Å². The smallest absolute Gasteiger partial charge is 0.322 e. The zero-order valence-corrected chi connectivity index (χ0v) is 20.3. The van der Waals surface area contributed by atoms with Gasteiger partial charge in [0.05, 0.1) is 31.3 Å². The van der Waals surface area contributed by atoms with E-state index in [1.165, 1.54) is 38.5 Å². The second kappa shape index (κ2) is 11.8. The third-order valence-corrected chi connectivity index (χ3v) is 6.90. The Labute approximate surface area is 207 Å². The van der Waals surface area contributed by atoms with Crippen LogP contribution in [0.5, 0.6) is 11.5 Å². The molecule has 3 rings (SSSR count). The average molecular weight is 511 g/mol. The molecule has 1 amide bonds. The van der Waals surface area contributed by atoms with Crippen LogP contribution in [0, 0.1) is 22.7 Å². The first-order valence-corrected chi connectivity index (χ1v) is 12.0. The summed E-state index contributed by atoms with van der Waals surface area (Å²) >= 11 is 0. The lowest BCUT2D eigenvalue weighted by Crippen LogP contribution is -2.32. The van der Waals surface area contributed by atoms with Crippen LogP contribution in [0.3, 0.4) is 0 Å². The summed E-state index contributed by atoms with van der Waals surface area (Å²) in [6, 6.07) is 13.9. The fourth-order valence-corrected chi connectivity index (χ4v) is 4.68. The van der Waals surface area contributed by atoms with Gasteiger partial charge in [0.1, 0.15) is 17.1 Å². The number of benzene rings is 2. The largest absolute Gasteiger partial charge is 0.496 e. The van der Waals surface area contributed by atoms with Gasteiger partial charge in [-0.3, -0.25) is 10.1 Å². The highest BCUT2D eigenvalue weighted by molar-refractivity contribution is 7.89. The summed E-state index contributed by atoms with van der Waals surface area (Å²) in [5.74, 6) is 0.334. The van der Waals surface area contributed by atoms with E-state index in [-0.39, 0.29) is 48.3 Å². The normalized spacial score (nSPS) is 10.9.